The van der Waals surface area contributed by atoms with Crippen molar-refractivity contribution >= 4 is 33.8 Å². The highest BCUT2D eigenvalue weighted by Gasteiger charge is 2.51. The Kier molecular flexibility index (Phi) is 8.04. The molecule has 0 spiro atoms. The first kappa shape index (κ1) is 23.2. The van der Waals surface area contributed by atoms with Crippen LogP contribution in [-0.4, -0.2) is 49.4 Å². The minimum atomic E-state index is -1.05. The van der Waals surface area contributed by atoms with Crippen LogP contribution in [0.25, 0.3) is 0 Å². The second-order valence-corrected chi connectivity index (χ2v) is 7.25. The van der Waals surface area contributed by atoms with Crippen LogP contribution in [0.15, 0.2) is 18.2 Å². The SMILES string of the molecule is COc1ccc(CBr)cc1[C@H]1O[C@@H](C)[C@@H](OC(C)=O)[C@@H](OC(C)=O)[C@@H]1OC(C)=O. The number of benzene rings is 1. The smallest absolute Gasteiger partial charge is 0.303 e. The molecule has 0 saturated carbocycles. The lowest BCUT2D eigenvalue weighted by molar-refractivity contribution is -0.245. The van der Waals surface area contributed by atoms with Crippen molar-refractivity contribution in [1.82, 2.24) is 0 Å². The van der Waals surface area contributed by atoms with E-state index in [1.54, 1.807) is 13.0 Å². The fourth-order valence-electron chi connectivity index (χ4n) is 3.35. The fourth-order valence-corrected chi connectivity index (χ4v) is 3.70. The van der Waals surface area contributed by atoms with Crippen LogP contribution in [0.2, 0.25) is 0 Å². The lowest BCUT2D eigenvalue weighted by Gasteiger charge is -2.44. The van der Waals surface area contributed by atoms with Crippen LogP contribution in [0.4, 0.5) is 0 Å². The minimum absolute atomic E-state index is 0.525. The van der Waals surface area contributed by atoms with E-state index in [9.17, 15) is 14.4 Å². The molecule has 1 aliphatic heterocycles. The maximum absolute atomic E-state index is 11.8. The van der Waals surface area contributed by atoms with Gasteiger partial charge in [0.2, 0.25) is 0 Å². The largest absolute Gasteiger partial charge is 0.496 e. The molecular formula is C20H25BrO8. The molecule has 0 radical (unpaired) electrons. The van der Waals surface area contributed by atoms with Crippen molar-refractivity contribution in [2.24, 2.45) is 0 Å². The zero-order valence-corrected chi connectivity index (χ0v) is 18.6. The van der Waals surface area contributed by atoms with Crippen LogP contribution >= 0.6 is 15.9 Å². The summed E-state index contributed by atoms with van der Waals surface area (Å²) in [6.45, 7) is 5.42. The van der Waals surface area contributed by atoms with Crippen LogP contribution in [0.3, 0.4) is 0 Å². The van der Waals surface area contributed by atoms with E-state index in [4.69, 9.17) is 23.7 Å². The third-order valence-electron chi connectivity index (χ3n) is 4.43. The van der Waals surface area contributed by atoms with Crippen LogP contribution in [0.5, 0.6) is 5.75 Å². The van der Waals surface area contributed by atoms with Gasteiger partial charge in [0, 0.05) is 31.7 Å². The number of carbonyl (C=O) groups is 3. The molecule has 29 heavy (non-hydrogen) atoms. The predicted molar refractivity (Wildman–Crippen MR) is 106 cm³/mol. The van der Waals surface area contributed by atoms with Gasteiger partial charge in [-0.1, -0.05) is 22.0 Å². The van der Waals surface area contributed by atoms with Crippen LogP contribution in [-0.2, 0) is 38.7 Å². The van der Waals surface area contributed by atoms with E-state index in [2.05, 4.69) is 15.9 Å². The maximum atomic E-state index is 11.8. The number of hydrogen-bond acceptors (Lipinski definition) is 8. The monoisotopic (exact) mass is 472 g/mol. The lowest BCUT2D eigenvalue weighted by Crippen LogP contribution is -2.57. The van der Waals surface area contributed by atoms with Crippen molar-refractivity contribution in [3.05, 3.63) is 29.3 Å². The number of alkyl halides is 1. The number of esters is 3. The number of carbonyl (C=O) groups excluding carboxylic acids is 3. The zero-order chi connectivity index (χ0) is 21.7. The third-order valence-corrected chi connectivity index (χ3v) is 5.08. The van der Waals surface area contributed by atoms with Gasteiger partial charge < -0.3 is 23.7 Å². The fraction of sp³-hybridized carbons (Fsp3) is 0.550. The minimum Gasteiger partial charge on any atom is -0.496 e. The summed E-state index contributed by atoms with van der Waals surface area (Å²) in [6, 6.07) is 5.53. The first-order valence-electron chi connectivity index (χ1n) is 9.07. The van der Waals surface area contributed by atoms with Crippen molar-refractivity contribution in [2.45, 2.75) is 63.5 Å². The number of methoxy groups -OCH3 is 1. The number of rotatable bonds is 6. The Hall–Kier alpha value is -2.13. The molecule has 1 fully saturated rings. The number of halogens is 1. The van der Waals surface area contributed by atoms with Gasteiger partial charge in [0.05, 0.1) is 13.2 Å². The molecule has 1 aromatic rings. The normalized spacial score (nSPS) is 26.3. The number of hydrogen-bond donors (Lipinski definition) is 0. The molecule has 2 rings (SSSR count). The average Bonchev–Trinajstić information content (AvgIpc) is 2.65. The summed E-state index contributed by atoms with van der Waals surface area (Å²) < 4.78 is 27.9. The summed E-state index contributed by atoms with van der Waals surface area (Å²) in [6.07, 6.45) is -4.48. The van der Waals surface area contributed by atoms with Crippen molar-refractivity contribution < 1.29 is 38.1 Å². The van der Waals surface area contributed by atoms with Gasteiger partial charge in [0.15, 0.2) is 18.3 Å². The van der Waals surface area contributed by atoms with Crippen LogP contribution in [0.1, 0.15) is 44.9 Å². The first-order chi connectivity index (χ1) is 13.7. The molecule has 0 aliphatic carbocycles. The van der Waals surface area contributed by atoms with Crippen molar-refractivity contribution in [2.75, 3.05) is 7.11 Å². The summed E-state index contributed by atoms with van der Waals surface area (Å²) in [4.78, 5) is 35.2. The highest BCUT2D eigenvalue weighted by atomic mass is 79.9. The maximum Gasteiger partial charge on any atom is 0.303 e. The van der Waals surface area contributed by atoms with Crippen LogP contribution in [0, 0.1) is 0 Å². The Morgan fingerprint density at radius 1 is 0.966 bits per heavy atom. The summed E-state index contributed by atoms with van der Waals surface area (Å²) in [5.41, 5.74) is 1.57. The predicted octanol–water partition coefficient (Wildman–Crippen LogP) is 2.85. The average molecular weight is 473 g/mol. The topological polar surface area (TPSA) is 97.4 Å². The van der Waals surface area contributed by atoms with E-state index >= 15 is 0 Å². The Morgan fingerprint density at radius 3 is 2.03 bits per heavy atom. The molecule has 8 nitrogen and oxygen atoms in total. The third kappa shape index (κ3) is 5.70. The van der Waals surface area contributed by atoms with Gasteiger partial charge >= 0.3 is 17.9 Å². The molecule has 0 unspecified atom stereocenters. The highest BCUT2D eigenvalue weighted by molar-refractivity contribution is 9.08. The Morgan fingerprint density at radius 2 is 1.52 bits per heavy atom. The van der Waals surface area contributed by atoms with Gasteiger partial charge in [-0.15, -0.1) is 0 Å². The van der Waals surface area contributed by atoms with Gasteiger partial charge in [0.25, 0.3) is 0 Å². The second-order valence-electron chi connectivity index (χ2n) is 6.69. The molecule has 1 aliphatic rings. The van der Waals surface area contributed by atoms with Gasteiger partial charge in [-0.2, -0.15) is 0 Å². The Bertz CT molecular complexity index is 765. The summed E-state index contributed by atoms with van der Waals surface area (Å²) in [7, 11) is 1.52. The molecule has 0 aromatic heterocycles. The van der Waals surface area contributed by atoms with Crippen molar-refractivity contribution in [3.63, 3.8) is 0 Å². The molecule has 0 bridgehead atoms. The highest BCUT2D eigenvalue weighted by Crippen LogP contribution is 2.41. The van der Waals surface area contributed by atoms with E-state index in [1.807, 2.05) is 12.1 Å². The van der Waals surface area contributed by atoms with Crippen molar-refractivity contribution in [3.8, 4) is 5.75 Å². The van der Waals surface area contributed by atoms with Gasteiger partial charge in [0.1, 0.15) is 11.9 Å². The Balaban J connectivity index is 2.57. The van der Waals surface area contributed by atoms with E-state index in [-0.39, 0.29) is 0 Å². The quantitative estimate of drug-likeness (QED) is 0.354. The molecule has 1 saturated heterocycles. The zero-order valence-electron chi connectivity index (χ0n) is 17.0. The van der Waals surface area contributed by atoms with Crippen LogP contribution < -0.4 is 4.74 Å². The number of ether oxygens (including phenoxy) is 5. The molecule has 9 heteroatoms. The summed E-state index contributed by atoms with van der Waals surface area (Å²) in [5.74, 6) is -1.23. The first-order valence-corrected chi connectivity index (χ1v) is 10.2. The molecule has 0 amide bonds. The van der Waals surface area contributed by atoms with Gasteiger partial charge in [-0.25, -0.2) is 0 Å². The molecule has 5 atom stereocenters. The molecule has 0 N–H and O–H groups in total. The van der Waals surface area contributed by atoms with Gasteiger partial charge in [-0.05, 0) is 24.6 Å². The van der Waals surface area contributed by atoms with E-state index < -0.39 is 48.4 Å². The lowest BCUT2D eigenvalue weighted by atomic mass is 9.90. The van der Waals surface area contributed by atoms with Gasteiger partial charge in [-0.3, -0.25) is 14.4 Å². The van der Waals surface area contributed by atoms with Crippen molar-refractivity contribution in [1.29, 1.82) is 0 Å². The summed E-state index contributed by atoms with van der Waals surface area (Å²) in [5, 5.41) is 0.591. The molecule has 160 valence electrons. The molecule has 1 aromatic carbocycles. The Labute approximate surface area is 177 Å². The molecular weight excluding hydrogens is 448 g/mol. The summed E-state index contributed by atoms with van der Waals surface area (Å²) >= 11 is 3.42. The second kappa shape index (κ2) is 10.1. The van der Waals surface area contributed by atoms with E-state index in [1.165, 1.54) is 27.9 Å². The van der Waals surface area contributed by atoms with E-state index in [0.717, 1.165) is 5.56 Å². The van der Waals surface area contributed by atoms with E-state index in [0.29, 0.717) is 16.6 Å². The standard InChI is InChI=1S/C20H25BrO8/c1-10-17(27-11(2)22)19(28-12(3)23)20(29-13(4)24)18(26-10)15-8-14(9-21)6-7-16(15)25-5/h6-8,10,17-20H,9H2,1-5H3/t10-,17+,18+,19+,20+/m0/s1. The molecule has 1 heterocycles.